The van der Waals surface area contributed by atoms with Crippen LogP contribution in [-0.4, -0.2) is 23.0 Å². The average Bonchev–Trinajstić information content (AvgIpc) is 2.80. The number of thiazole rings is 1. The van der Waals surface area contributed by atoms with E-state index in [0.717, 1.165) is 10.4 Å². The van der Waals surface area contributed by atoms with E-state index in [9.17, 15) is 14.9 Å². The molecule has 6 nitrogen and oxygen atoms in total. The fourth-order valence-corrected chi connectivity index (χ4v) is 2.44. The molecule has 0 fully saturated rings. The highest BCUT2D eigenvalue weighted by Crippen LogP contribution is 2.29. The SMILES string of the molecule is COC(=O)c1nc(-c2ccc([N+](=O)[O-])cc2)sc1C. The van der Waals surface area contributed by atoms with E-state index in [1.165, 1.54) is 30.6 Å². The summed E-state index contributed by atoms with van der Waals surface area (Å²) in [5.41, 5.74) is 1.03. The number of benzene rings is 1. The Labute approximate surface area is 112 Å². The third kappa shape index (κ3) is 2.60. The van der Waals surface area contributed by atoms with Gasteiger partial charge in [0.05, 0.1) is 12.0 Å². The van der Waals surface area contributed by atoms with Crippen LogP contribution in [0.15, 0.2) is 24.3 Å². The molecule has 19 heavy (non-hydrogen) atoms. The largest absolute Gasteiger partial charge is 0.464 e. The van der Waals surface area contributed by atoms with Gasteiger partial charge in [0.1, 0.15) is 5.01 Å². The molecule has 0 N–H and O–H groups in total. The monoisotopic (exact) mass is 278 g/mol. The molecule has 2 aromatic rings. The normalized spacial score (nSPS) is 10.2. The number of ether oxygens (including phenoxy) is 1. The van der Waals surface area contributed by atoms with Crippen molar-refractivity contribution in [3.05, 3.63) is 45.0 Å². The zero-order valence-corrected chi connectivity index (χ0v) is 11.1. The second-order valence-corrected chi connectivity index (χ2v) is 4.92. The zero-order chi connectivity index (χ0) is 14.0. The van der Waals surface area contributed by atoms with Crippen LogP contribution in [0.4, 0.5) is 5.69 Å². The number of carbonyl (C=O) groups is 1. The van der Waals surface area contributed by atoms with E-state index in [0.29, 0.717) is 5.01 Å². The van der Waals surface area contributed by atoms with Crippen LogP contribution in [0, 0.1) is 17.0 Å². The van der Waals surface area contributed by atoms with Crippen molar-refractivity contribution in [2.45, 2.75) is 6.92 Å². The van der Waals surface area contributed by atoms with Gasteiger partial charge in [0.2, 0.25) is 0 Å². The Morgan fingerprint density at radius 1 is 1.37 bits per heavy atom. The highest BCUT2D eigenvalue weighted by atomic mass is 32.1. The number of rotatable bonds is 3. The van der Waals surface area contributed by atoms with Crippen LogP contribution in [0.5, 0.6) is 0 Å². The number of carbonyl (C=O) groups excluding carboxylic acids is 1. The second kappa shape index (κ2) is 5.15. The third-order valence-corrected chi connectivity index (χ3v) is 3.52. The predicted molar refractivity (Wildman–Crippen MR) is 70.3 cm³/mol. The first-order valence-corrected chi connectivity index (χ1v) is 6.15. The van der Waals surface area contributed by atoms with E-state index in [4.69, 9.17) is 0 Å². The van der Waals surface area contributed by atoms with E-state index in [2.05, 4.69) is 9.72 Å². The van der Waals surface area contributed by atoms with Crippen molar-refractivity contribution in [2.24, 2.45) is 0 Å². The van der Waals surface area contributed by atoms with Gasteiger partial charge in [0, 0.05) is 22.6 Å². The number of aryl methyl sites for hydroxylation is 1. The van der Waals surface area contributed by atoms with Gasteiger partial charge in [-0.25, -0.2) is 9.78 Å². The number of aromatic nitrogens is 1. The maximum absolute atomic E-state index is 11.5. The fourth-order valence-electron chi connectivity index (χ4n) is 1.53. The first-order valence-electron chi connectivity index (χ1n) is 5.33. The molecule has 1 aromatic carbocycles. The molecular formula is C12H10N2O4S. The molecule has 0 radical (unpaired) electrons. The number of nitrogens with zero attached hydrogens (tertiary/aromatic N) is 2. The van der Waals surface area contributed by atoms with Crippen LogP contribution >= 0.6 is 11.3 Å². The molecule has 0 aliphatic heterocycles. The summed E-state index contributed by atoms with van der Waals surface area (Å²) >= 11 is 1.34. The lowest BCUT2D eigenvalue weighted by Crippen LogP contribution is -2.03. The fraction of sp³-hybridized carbons (Fsp3) is 0.167. The van der Waals surface area contributed by atoms with Gasteiger partial charge in [-0.1, -0.05) is 0 Å². The quantitative estimate of drug-likeness (QED) is 0.490. The standard InChI is InChI=1S/C12H10N2O4S/c1-7-10(12(15)18-2)13-11(19-7)8-3-5-9(6-4-8)14(16)17/h3-6H,1-2H3. The van der Waals surface area contributed by atoms with Crippen LogP contribution < -0.4 is 0 Å². The number of hydrogen-bond donors (Lipinski definition) is 0. The first-order chi connectivity index (χ1) is 9.02. The number of nitro benzene ring substituents is 1. The van der Waals surface area contributed by atoms with Crippen molar-refractivity contribution in [3.8, 4) is 10.6 Å². The molecule has 0 bridgehead atoms. The Balaban J connectivity index is 2.37. The Kier molecular flexibility index (Phi) is 3.57. The van der Waals surface area contributed by atoms with Crippen LogP contribution in [0.25, 0.3) is 10.6 Å². The minimum atomic E-state index is -0.484. The molecule has 7 heteroatoms. The molecular weight excluding hydrogens is 268 g/mol. The molecule has 0 saturated carbocycles. The molecule has 0 amide bonds. The smallest absolute Gasteiger partial charge is 0.357 e. The molecule has 0 unspecified atom stereocenters. The molecule has 0 saturated heterocycles. The van der Waals surface area contributed by atoms with Gasteiger partial charge in [0.15, 0.2) is 5.69 Å². The van der Waals surface area contributed by atoms with Crippen LogP contribution in [0.3, 0.4) is 0 Å². The summed E-state index contributed by atoms with van der Waals surface area (Å²) < 4.78 is 4.63. The Morgan fingerprint density at radius 2 is 2.00 bits per heavy atom. The number of methoxy groups -OCH3 is 1. The van der Waals surface area contributed by atoms with Gasteiger partial charge >= 0.3 is 5.97 Å². The molecule has 98 valence electrons. The van der Waals surface area contributed by atoms with Crippen molar-refractivity contribution >= 4 is 23.0 Å². The number of nitro groups is 1. The molecule has 0 spiro atoms. The molecule has 1 heterocycles. The van der Waals surface area contributed by atoms with Crippen molar-refractivity contribution in [3.63, 3.8) is 0 Å². The highest BCUT2D eigenvalue weighted by Gasteiger charge is 2.17. The third-order valence-electron chi connectivity index (χ3n) is 2.50. The van der Waals surface area contributed by atoms with E-state index >= 15 is 0 Å². The van der Waals surface area contributed by atoms with Crippen molar-refractivity contribution in [2.75, 3.05) is 7.11 Å². The Bertz CT molecular complexity index is 634. The van der Waals surface area contributed by atoms with Gasteiger partial charge in [-0.3, -0.25) is 10.1 Å². The van der Waals surface area contributed by atoms with Crippen molar-refractivity contribution in [1.29, 1.82) is 0 Å². The van der Waals surface area contributed by atoms with Gasteiger partial charge < -0.3 is 4.74 Å². The molecule has 0 aliphatic rings. The van der Waals surface area contributed by atoms with E-state index in [-0.39, 0.29) is 11.4 Å². The molecule has 1 aromatic heterocycles. The van der Waals surface area contributed by atoms with Crippen molar-refractivity contribution in [1.82, 2.24) is 4.98 Å². The van der Waals surface area contributed by atoms with Gasteiger partial charge in [-0.15, -0.1) is 11.3 Å². The first kappa shape index (κ1) is 13.2. The Morgan fingerprint density at radius 3 is 2.53 bits per heavy atom. The number of hydrogen-bond acceptors (Lipinski definition) is 6. The maximum Gasteiger partial charge on any atom is 0.357 e. The van der Waals surface area contributed by atoms with Crippen LogP contribution in [0.2, 0.25) is 0 Å². The van der Waals surface area contributed by atoms with Gasteiger partial charge in [0.25, 0.3) is 5.69 Å². The maximum atomic E-state index is 11.5. The lowest BCUT2D eigenvalue weighted by atomic mass is 10.2. The molecule has 2 rings (SSSR count). The van der Waals surface area contributed by atoms with E-state index in [1.54, 1.807) is 19.1 Å². The summed E-state index contributed by atoms with van der Waals surface area (Å²) in [5.74, 6) is -0.484. The summed E-state index contributed by atoms with van der Waals surface area (Å²) in [4.78, 5) is 26.5. The van der Waals surface area contributed by atoms with E-state index < -0.39 is 10.9 Å². The van der Waals surface area contributed by atoms with Gasteiger partial charge in [-0.2, -0.15) is 0 Å². The summed E-state index contributed by atoms with van der Waals surface area (Å²) in [7, 11) is 1.30. The van der Waals surface area contributed by atoms with Crippen LogP contribution in [0.1, 0.15) is 15.4 Å². The minimum absolute atomic E-state index is 0.0187. The number of esters is 1. The summed E-state index contributed by atoms with van der Waals surface area (Å²) in [6.45, 7) is 1.78. The molecule has 0 atom stereocenters. The van der Waals surface area contributed by atoms with Crippen LogP contribution in [-0.2, 0) is 4.74 Å². The molecule has 0 aliphatic carbocycles. The predicted octanol–water partition coefficient (Wildman–Crippen LogP) is 2.81. The summed E-state index contributed by atoms with van der Waals surface area (Å²) in [6.07, 6.45) is 0. The lowest BCUT2D eigenvalue weighted by molar-refractivity contribution is -0.384. The summed E-state index contributed by atoms with van der Waals surface area (Å²) in [5, 5.41) is 11.2. The number of non-ortho nitro benzene ring substituents is 1. The second-order valence-electron chi connectivity index (χ2n) is 3.72. The Hall–Kier alpha value is -2.28. The topological polar surface area (TPSA) is 82.3 Å². The summed E-state index contributed by atoms with van der Waals surface area (Å²) in [6, 6.07) is 6.03. The lowest BCUT2D eigenvalue weighted by Gasteiger charge is -1.96. The highest BCUT2D eigenvalue weighted by molar-refractivity contribution is 7.15. The average molecular weight is 278 g/mol. The zero-order valence-electron chi connectivity index (χ0n) is 10.2. The van der Waals surface area contributed by atoms with Gasteiger partial charge in [-0.05, 0) is 19.1 Å². The van der Waals surface area contributed by atoms with Crippen molar-refractivity contribution < 1.29 is 14.5 Å². The van der Waals surface area contributed by atoms with E-state index in [1.807, 2.05) is 0 Å². The minimum Gasteiger partial charge on any atom is -0.464 e.